The molecule has 1 saturated carbocycles. The van der Waals surface area contributed by atoms with Crippen LogP contribution in [-0.2, 0) is 26.8 Å². The Kier molecular flexibility index (Phi) is 4.91. The van der Waals surface area contributed by atoms with Crippen LogP contribution in [-0.4, -0.2) is 22.4 Å². The SMILES string of the molecule is O=C(C[S@](=O)Cc1ccccc1)NCC1(c2ccccc2)CC1. The first kappa shape index (κ1) is 15.9. The number of amides is 1. The summed E-state index contributed by atoms with van der Waals surface area (Å²) in [6.45, 7) is 0.637. The van der Waals surface area contributed by atoms with Gasteiger partial charge >= 0.3 is 0 Å². The Hall–Kier alpha value is -1.94. The largest absolute Gasteiger partial charge is 0.354 e. The fraction of sp³-hybridized carbons (Fsp3) is 0.316. The van der Waals surface area contributed by atoms with Crippen LogP contribution in [0.5, 0.6) is 0 Å². The van der Waals surface area contributed by atoms with Crippen LogP contribution < -0.4 is 5.32 Å². The van der Waals surface area contributed by atoms with Crippen molar-refractivity contribution >= 4 is 16.7 Å². The molecule has 0 aromatic heterocycles. The van der Waals surface area contributed by atoms with Crippen molar-refractivity contribution < 1.29 is 9.00 Å². The Bertz CT molecular complexity index is 681. The number of hydrogen-bond acceptors (Lipinski definition) is 2. The van der Waals surface area contributed by atoms with E-state index in [1.807, 2.05) is 48.5 Å². The highest BCUT2D eigenvalue weighted by Crippen LogP contribution is 2.47. The fourth-order valence-electron chi connectivity index (χ4n) is 2.79. The van der Waals surface area contributed by atoms with Gasteiger partial charge in [0, 0.05) is 28.5 Å². The van der Waals surface area contributed by atoms with E-state index in [4.69, 9.17) is 0 Å². The summed E-state index contributed by atoms with van der Waals surface area (Å²) in [6.07, 6.45) is 2.20. The molecule has 0 aliphatic heterocycles. The van der Waals surface area contributed by atoms with Crippen LogP contribution in [0.4, 0.5) is 0 Å². The normalized spacial score (nSPS) is 16.5. The second kappa shape index (κ2) is 7.09. The second-order valence-corrected chi connectivity index (χ2v) is 7.59. The molecular weight excluding hydrogens is 306 g/mol. The molecule has 4 heteroatoms. The van der Waals surface area contributed by atoms with Crippen LogP contribution in [0.25, 0.3) is 0 Å². The van der Waals surface area contributed by atoms with Gasteiger partial charge in [-0.05, 0) is 24.0 Å². The van der Waals surface area contributed by atoms with Gasteiger partial charge in [0.2, 0.25) is 5.91 Å². The van der Waals surface area contributed by atoms with Gasteiger partial charge in [-0.2, -0.15) is 0 Å². The van der Waals surface area contributed by atoms with Crippen LogP contribution in [0, 0.1) is 0 Å². The molecule has 2 aromatic carbocycles. The van der Waals surface area contributed by atoms with Crippen LogP contribution in [0.15, 0.2) is 60.7 Å². The number of nitrogens with one attached hydrogen (secondary N) is 1. The monoisotopic (exact) mass is 327 g/mol. The molecular formula is C19H21NO2S. The number of benzene rings is 2. The third-order valence-electron chi connectivity index (χ3n) is 4.33. The Morgan fingerprint density at radius 2 is 1.61 bits per heavy atom. The molecule has 1 atom stereocenters. The first-order chi connectivity index (χ1) is 11.2. The molecule has 1 amide bonds. The lowest BCUT2D eigenvalue weighted by molar-refractivity contribution is -0.118. The fourth-order valence-corrected chi connectivity index (χ4v) is 3.85. The molecule has 0 radical (unpaired) electrons. The third kappa shape index (κ3) is 4.29. The minimum absolute atomic E-state index is 0.0692. The lowest BCUT2D eigenvalue weighted by Crippen LogP contribution is -2.35. The van der Waals surface area contributed by atoms with Crippen molar-refractivity contribution in [3.63, 3.8) is 0 Å². The molecule has 1 aliphatic carbocycles. The zero-order valence-electron chi connectivity index (χ0n) is 13.0. The number of hydrogen-bond donors (Lipinski definition) is 1. The summed E-state index contributed by atoms with van der Waals surface area (Å²) >= 11 is 0. The van der Waals surface area contributed by atoms with Gasteiger partial charge in [0.15, 0.2) is 0 Å². The number of carbonyl (C=O) groups is 1. The van der Waals surface area contributed by atoms with Gasteiger partial charge in [0.05, 0.1) is 0 Å². The first-order valence-corrected chi connectivity index (χ1v) is 9.38. The molecule has 0 unspecified atom stereocenters. The molecule has 1 fully saturated rings. The van der Waals surface area contributed by atoms with E-state index in [2.05, 4.69) is 17.4 Å². The maximum atomic E-state index is 12.1. The summed E-state index contributed by atoms with van der Waals surface area (Å²) in [5.41, 5.74) is 2.38. The molecule has 2 aromatic rings. The van der Waals surface area contributed by atoms with E-state index in [1.54, 1.807) is 0 Å². The van der Waals surface area contributed by atoms with E-state index in [0.717, 1.165) is 18.4 Å². The van der Waals surface area contributed by atoms with Crippen LogP contribution in [0.3, 0.4) is 0 Å². The van der Waals surface area contributed by atoms with Gasteiger partial charge in [0.25, 0.3) is 0 Å². The molecule has 0 heterocycles. The summed E-state index contributed by atoms with van der Waals surface area (Å²) in [7, 11) is -1.17. The van der Waals surface area contributed by atoms with Crippen LogP contribution >= 0.6 is 0 Å². The molecule has 120 valence electrons. The minimum Gasteiger partial charge on any atom is -0.354 e. The maximum Gasteiger partial charge on any atom is 0.232 e. The highest BCUT2D eigenvalue weighted by Gasteiger charge is 2.44. The average molecular weight is 327 g/mol. The van der Waals surface area contributed by atoms with Crippen molar-refractivity contribution in [2.75, 3.05) is 12.3 Å². The summed E-state index contributed by atoms with van der Waals surface area (Å²) < 4.78 is 12.1. The molecule has 0 spiro atoms. The van der Waals surface area contributed by atoms with Gasteiger partial charge in [0.1, 0.15) is 5.75 Å². The van der Waals surface area contributed by atoms with Crippen molar-refractivity contribution in [1.29, 1.82) is 0 Å². The Morgan fingerprint density at radius 1 is 1.00 bits per heavy atom. The highest BCUT2D eigenvalue weighted by atomic mass is 32.2. The lowest BCUT2D eigenvalue weighted by atomic mass is 9.96. The van der Waals surface area contributed by atoms with Crippen molar-refractivity contribution in [2.24, 2.45) is 0 Å². The molecule has 23 heavy (non-hydrogen) atoms. The van der Waals surface area contributed by atoms with Crippen LogP contribution in [0.1, 0.15) is 24.0 Å². The van der Waals surface area contributed by atoms with E-state index in [1.165, 1.54) is 5.56 Å². The molecule has 0 bridgehead atoms. The van der Waals surface area contributed by atoms with Crippen LogP contribution in [0.2, 0.25) is 0 Å². The molecule has 1 N–H and O–H groups in total. The number of carbonyl (C=O) groups excluding carboxylic acids is 1. The van der Waals surface area contributed by atoms with E-state index in [9.17, 15) is 9.00 Å². The van der Waals surface area contributed by atoms with Crippen molar-refractivity contribution in [2.45, 2.75) is 24.0 Å². The zero-order valence-corrected chi connectivity index (χ0v) is 13.9. The van der Waals surface area contributed by atoms with Crippen molar-refractivity contribution in [3.8, 4) is 0 Å². The molecule has 3 rings (SSSR count). The Labute approximate surface area is 139 Å². The standard InChI is InChI=1S/C19H21NO2S/c21-18(14-23(22)13-16-7-3-1-4-8-16)20-15-19(11-12-19)17-9-5-2-6-10-17/h1-10H,11-15H2,(H,20,21)/t23-/m1/s1. The molecule has 0 saturated heterocycles. The van der Waals surface area contributed by atoms with Crippen molar-refractivity contribution in [3.05, 3.63) is 71.8 Å². The third-order valence-corrected chi connectivity index (χ3v) is 5.57. The van der Waals surface area contributed by atoms with Gasteiger partial charge < -0.3 is 5.32 Å². The predicted molar refractivity (Wildman–Crippen MR) is 93.5 cm³/mol. The number of rotatable bonds is 7. The second-order valence-electron chi connectivity index (χ2n) is 6.14. The van der Waals surface area contributed by atoms with Gasteiger partial charge in [-0.25, -0.2) is 0 Å². The van der Waals surface area contributed by atoms with E-state index >= 15 is 0 Å². The minimum atomic E-state index is -1.17. The summed E-state index contributed by atoms with van der Waals surface area (Å²) in [5, 5.41) is 2.97. The Morgan fingerprint density at radius 3 is 2.22 bits per heavy atom. The van der Waals surface area contributed by atoms with Gasteiger partial charge in [-0.3, -0.25) is 9.00 Å². The quantitative estimate of drug-likeness (QED) is 0.850. The molecule has 1 aliphatic rings. The van der Waals surface area contributed by atoms with E-state index in [0.29, 0.717) is 12.3 Å². The summed E-state index contributed by atoms with van der Waals surface area (Å²) in [5.74, 6) is 0.374. The Balaban J connectivity index is 1.48. The van der Waals surface area contributed by atoms with Crippen molar-refractivity contribution in [1.82, 2.24) is 5.32 Å². The topological polar surface area (TPSA) is 46.2 Å². The van der Waals surface area contributed by atoms with Gasteiger partial charge in [-0.15, -0.1) is 0 Å². The average Bonchev–Trinajstić information content (AvgIpc) is 3.36. The first-order valence-electron chi connectivity index (χ1n) is 7.89. The zero-order chi connectivity index (χ0) is 16.1. The summed E-state index contributed by atoms with van der Waals surface area (Å²) in [4.78, 5) is 12.0. The lowest BCUT2D eigenvalue weighted by Gasteiger charge is -2.16. The summed E-state index contributed by atoms with van der Waals surface area (Å²) in [6, 6.07) is 19.9. The maximum absolute atomic E-state index is 12.1. The van der Waals surface area contributed by atoms with Gasteiger partial charge in [-0.1, -0.05) is 60.7 Å². The predicted octanol–water partition coefficient (Wildman–Crippen LogP) is 2.78. The van der Waals surface area contributed by atoms with E-state index < -0.39 is 10.8 Å². The smallest absolute Gasteiger partial charge is 0.232 e. The molecule has 3 nitrogen and oxygen atoms in total. The highest BCUT2D eigenvalue weighted by molar-refractivity contribution is 7.84. The van der Waals surface area contributed by atoms with E-state index in [-0.39, 0.29) is 17.1 Å².